The van der Waals surface area contributed by atoms with Gasteiger partial charge in [0.15, 0.2) is 0 Å². The van der Waals surface area contributed by atoms with Crippen molar-refractivity contribution in [3.05, 3.63) is 0 Å². The van der Waals surface area contributed by atoms with Gasteiger partial charge < -0.3 is 10.4 Å². The monoisotopic (exact) mass is 269 g/mol. The van der Waals surface area contributed by atoms with Crippen LogP contribution in [0.4, 0.5) is 0 Å². The summed E-state index contributed by atoms with van der Waals surface area (Å²) >= 11 is 0. The van der Waals surface area contributed by atoms with Gasteiger partial charge in [0.2, 0.25) is 5.91 Å². The third-order valence-corrected chi connectivity index (χ3v) is 4.32. The number of carboxylic acid groups (broad SMARTS) is 1. The summed E-state index contributed by atoms with van der Waals surface area (Å²) in [5, 5.41) is 11.6. The van der Waals surface area contributed by atoms with Crippen LogP contribution < -0.4 is 5.32 Å². The summed E-state index contributed by atoms with van der Waals surface area (Å²) in [6, 6.07) is 0. The first kappa shape index (κ1) is 16.0. The lowest BCUT2D eigenvalue weighted by atomic mass is 9.71. The van der Waals surface area contributed by atoms with E-state index in [2.05, 4.69) is 12.2 Å². The number of aliphatic carboxylic acids is 1. The molecular formula is C15H27NO3. The molecule has 0 radical (unpaired) electrons. The molecule has 0 aliphatic heterocycles. The molecule has 4 heteroatoms. The first-order valence-electron chi connectivity index (χ1n) is 7.61. The van der Waals surface area contributed by atoms with E-state index < -0.39 is 5.97 Å². The van der Waals surface area contributed by atoms with Crippen molar-refractivity contribution < 1.29 is 14.7 Å². The fraction of sp³-hybridized carbons (Fsp3) is 0.867. The number of carbonyl (C=O) groups excluding carboxylic acids is 1. The van der Waals surface area contributed by atoms with Gasteiger partial charge in [-0.15, -0.1) is 0 Å². The Morgan fingerprint density at radius 1 is 1.11 bits per heavy atom. The molecule has 110 valence electrons. The number of unbranched alkanes of at least 4 members (excludes halogenated alkanes) is 2. The van der Waals surface area contributed by atoms with Gasteiger partial charge in [-0.3, -0.25) is 9.59 Å². The van der Waals surface area contributed by atoms with Gasteiger partial charge in [0.1, 0.15) is 0 Å². The molecule has 1 aliphatic carbocycles. The van der Waals surface area contributed by atoms with E-state index >= 15 is 0 Å². The molecule has 0 aromatic carbocycles. The number of carbonyl (C=O) groups is 2. The zero-order valence-electron chi connectivity index (χ0n) is 12.0. The van der Waals surface area contributed by atoms with Crippen LogP contribution in [0.25, 0.3) is 0 Å². The number of hydrogen-bond donors (Lipinski definition) is 2. The van der Waals surface area contributed by atoms with Crippen LogP contribution in [0.5, 0.6) is 0 Å². The standard InChI is InChI=1S/C15H27NO3/c1-2-15(10-6-4-7-11-15)14(19)16-12-8-3-5-9-13(17)18/h2-12H2,1H3,(H,16,19)(H,17,18). The van der Waals surface area contributed by atoms with Gasteiger partial charge in [0.25, 0.3) is 0 Å². The van der Waals surface area contributed by atoms with E-state index in [0.717, 1.165) is 32.1 Å². The van der Waals surface area contributed by atoms with E-state index in [4.69, 9.17) is 5.11 Å². The van der Waals surface area contributed by atoms with Crippen molar-refractivity contribution in [1.29, 1.82) is 0 Å². The maximum absolute atomic E-state index is 12.3. The Labute approximate surface area is 116 Å². The Morgan fingerprint density at radius 3 is 2.37 bits per heavy atom. The number of rotatable bonds is 8. The molecule has 1 rings (SSSR count). The van der Waals surface area contributed by atoms with Gasteiger partial charge in [-0.2, -0.15) is 0 Å². The molecule has 19 heavy (non-hydrogen) atoms. The smallest absolute Gasteiger partial charge is 0.303 e. The molecule has 0 bridgehead atoms. The molecule has 0 saturated heterocycles. The summed E-state index contributed by atoms with van der Waals surface area (Å²) in [6.07, 6.45) is 9.23. The largest absolute Gasteiger partial charge is 0.481 e. The Bertz CT molecular complexity index is 296. The summed E-state index contributed by atoms with van der Waals surface area (Å²) in [5.74, 6) is -0.524. The first-order valence-corrected chi connectivity index (χ1v) is 7.61. The Morgan fingerprint density at radius 2 is 1.79 bits per heavy atom. The molecule has 1 amide bonds. The molecule has 0 aromatic rings. The van der Waals surface area contributed by atoms with Crippen molar-refractivity contribution in [1.82, 2.24) is 5.32 Å². The molecule has 0 heterocycles. The lowest BCUT2D eigenvalue weighted by molar-refractivity contribution is -0.137. The van der Waals surface area contributed by atoms with Gasteiger partial charge in [-0.25, -0.2) is 0 Å². The second kappa shape index (κ2) is 8.18. The van der Waals surface area contributed by atoms with Gasteiger partial charge in [0, 0.05) is 18.4 Å². The van der Waals surface area contributed by atoms with Gasteiger partial charge in [-0.1, -0.05) is 32.6 Å². The molecule has 1 fully saturated rings. The zero-order valence-corrected chi connectivity index (χ0v) is 12.0. The predicted molar refractivity (Wildman–Crippen MR) is 74.9 cm³/mol. The third-order valence-electron chi connectivity index (χ3n) is 4.32. The fourth-order valence-electron chi connectivity index (χ4n) is 2.94. The Balaban J connectivity index is 2.20. The average molecular weight is 269 g/mol. The van der Waals surface area contributed by atoms with Crippen molar-refractivity contribution >= 4 is 11.9 Å². The van der Waals surface area contributed by atoms with Gasteiger partial charge in [-0.05, 0) is 32.1 Å². The predicted octanol–water partition coefficient (Wildman–Crippen LogP) is 3.11. The van der Waals surface area contributed by atoms with Gasteiger partial charge in [0.05, 0.1) is 0 Å². The quantitative estimate of drug-likeness (QED) is 0.665. The minimum absolute atomic E-state index is 0.126. The molecular weight excluding hydrogens is 242 g/mol. The van der Waals surface area contributed by atoms with E-state index in [1.54, 1.807) is 0 Å². The number of nitrogens with one attached hydrogen (secondary N) is 1. The van der Waals surface area contributed by atoms with Crippen molar-refractivity contribution in [2.24, 2.45) is 5.41 Å². The highest BCUT2D eigenvalue weighted by Crippen LogP contribution is 2.39. The van der Waals surface area contributed by atoms with E-state index in [1.165, 1.54) is 19.3 Å². The average Bonchev–Trinajstić information content (AvgIpc) is 2.42. The second-order valence-electron chi connectivity index (χ2n) is 5.65. The fourth-order valence-corrected chi connectivity index (χ4v) is 2.94. The van der Waals surface area contributed by atoms with E-state index in [0.29, 0.717) is 13.0 Å². The Kier molecular flexibility index (Phi) is 6.89. The third kappa shape index (κ3) is 5.21. The number of carboxylic acids is 1. The maximum Gasteiger partial charge on any atom is 0.303 e. The van der Waals surface area contributed by atoms with Crippen LogP contribution in [-0.2, 0) is 9.59 Å². The minimum Gasteiger partial charge on any atom is -0.481 e. The highest BCUT2D eigenvalue weighted by atomic mass is 16.4. The molecule has 2 N–H and O–H groups in total. The van der Waals surface area contributed by atoms with Crippen LogP contribution >= 0.6 is 0 Å². The second-order valence-corrected chi connectivity index (χ2v) is 5.65. The minimum atomic E-state index is -0.740. The summed E-state index contributed by atoms with van der Waals surface area (Å²) in [4.78, 5) is 22.6. The topological polar surface area (TPSA) is 66.4 Å². The van der Waals surface area contributed by atoms with Crippen LogP contribution in [0.15, 0.2) is 0 Å². The highest BCUT2D eigenvalue weighted by Gasteiger charge is 2.37. The zero-order chi connectivity index (χ0) is 14.1. The molecule has 1 aliphatic rings. The van der Waals surface area contributed by atoms with Crippen LogP contribution in [0.3, 0.4) is 0 Å². The SMILES string of the molecule is CCC1(C(=O)NCCCCCC(=O)O)CCCCC1. The summed E-state index contributed by atoms with van der Waals surface area (Å²) in [7, 11) is 0. The van der Waals surface area contributed by atoms with Crippen LogP contribution in [0.1, 0.15) is 71.1 Å². The normalized spacial score (nSPS) is 17.9. The molecule has 0 unspecified atom stereocenters. The van der Waals surface area contributed by atoms with Crippen LogP contribution in [0.2, 0.25) is 0 Å². The molecule has 0 spiro atoms. The molecule has 0 atom stereocenters. The van der Waals surface area contributed by atoms with Crippen molar-refractivity contribution in [3.63, 3.8) is 0 Å². The Hall–Kier alpha value is -1.06. The van der Waals surface area contributed by atoms with E-state index in [9.17, 15) is 9.59 Å². The number of amides is 1. The lowest BCUT2D eigenvalue weighted by Crippen LogP contribution is -2.42. The summed E-state index contributed by atoms with van der Waals surface area (Å²) in [5.41, 5.74) is -0.126. The summed E-state index contributed by atoms with van der Waals surface area (Å²) < 4.78 is 0. The van der Waals surface area contributed by atoms with E-state index in [-0.39, 0.29) is 17.7 Å². The lowest BCUT2D eigenvalue weighted by Gasteiger charge is -2.34. The van der Waals surface area contributed by atoms with Crippen molar-refractivity contribution in [2.45, 2.75) is 71.1 Å². The van der Waals surface area contributed by atoms with E-state index in [1.807, 2.05) is 0 Å². The number of hydrogen-bond acceptors (Lipinski definition) is 2. The molecule has 1 saturated carbocycles. The van der Waals surface area contributed by atoms with Crippen LogP contribution in [-0.4, -0.2) is 23.5 Å². The van der Waals surface area contributed by atoms with Gasteiger partial charge >= 0.3 is 5.97 Å². The van der Waals surface area contributed by atoms with Crippen LogP contribution in [0, 0.1) is 5.41 Å². The van der Waals surface area contributed by atoms with Crippen molar-refractivity contribution in [2.75, 3.05) is 6.54 Å². The summed E-state index contributed by atoms with van der Waals surface area (Å²) in [6.45, 7) is 2.79. The highest BCUT2D eigenvalue weighted by molar-refractivity contribution is 5.82. The van der Waals surface area contributed by atoms with Crippen molar-refractivity contribution in [3.8, 4) is 0 Å². The maximum atomic E-state index is 12.3. The first-order chi connectivity index (χ1) is 9.10. The molecule has 4 nitrogen and oxygen atoms in total. The molecule has 0 aromatic heterocycles.